The molecular weight excluding hydrogens is 414 g/mol. The van der Waals surface area contributed by atoms with E-state index in [-0.39, 0.29) is 29.1 Å². The number of aliphatic carboxylic acids is 1. The lowest BCUT2D eigenvalue weighted by Gasteiger charge is -2.15. The van der Waals surface area contributed by atoms with Gasteiger partial charge in [-0.15, -0.1) is 0 Å². The van der Waals surface area contributed by atoms with Gasteiger partial charge >= 0.3 is 5.97 Å². The van der Waals surface area contributed by atoms with Crippen molar-refractivity contribution in [1.82, 2.24) is 4.90 Å². The first-order valence-corrected chi connectivity index (χ1v) is 10.5. The van der Waals surface area contributed by atoms with E-state index in [1.165, 1.54) is 30.0 Å². The Balaban J connectivity index is 1.58. The fourth-order valence-electron chi connectivity index (χ4n) is 3.09. The number of rotatable bonds is 9. The second kappa shape index (κ2) is 9.32. The van der Waals surface area contributed by atoms with E-state index >= 15 is 0 Å². The summed E-state index contributed by atoms with van der Waals surface area (Å²) in [6.07, 6.45) is 2.50. The molecule has 1 aliphatic heterocycles. The molecule has 0 bridgehead atoms. The van der Waals surface area contributed by atoms with Crippen LogP contribution in [0.1, 0.15) is 31.4 Å². The van der Waals surface area contributed by atoms with Gasteiger partial charge in [0.25, 0.3) is 0 Å². The maximum atomic E-state index is 12.7. The third kappa shape index (κ3) is 5.30. The van der Waals surface area contributed by atoms with E-state index in [2.05, 4.69) is 0 Å². The standard InChI is InChI=1S/C20H21NO6S2/c22-12-5-7-15(23)14(10-12)16-8-6-13(27-16)11-17-19(26)21(20(28)29-17)9-3-1-2-4-18(24)25/h5-8,10,17,22-23H,1-4,9,11H2,(H,24,25). The van der Waals surface area contributed by atoms with Crippen LogP contribution in [0.5, 0.6) is 11.5 Å². The second-order valence-corrected chi connectivity index (χ2v) is 8.57. The van der Waals surface area contributed by atoms with Crippen molar-refractivity contribution in [3.05, 3.63) is 36.1 Å². The van der Waals surface area contributed by atoms with Crippen LogP contribution in [0.4, 0.5) is 0 Å². The average molecular weight is 436 g/mol. The van der Waals surface area contributed by atoms with Crippen molar-refractivity contribution in [2.75, 3.05) is 6.54 Å². The van der Waals surface area contributed by atoms with Gasteiger partial charge in [0.05, 0.1) is 10.8 Å². The smallest absolute Gasteiger partial charge is 0.303 e. The number of hydrogen-bond acceptors (Lipinski definition) is 7. The number of unbranched alkanes of at least 4 members (excludes halogenated alkanes) is 2. The highest BCUT2D eigenvalue weighted by atomic mass is 32.2. The van der Waals surface area contributed by atoms with Gasteiger partial charge in [0.15, 0.2) is 0 Å². The fraction of sp³-hybridized carbons (Fsp3) is 0.350. The first-order chi connectivity index (χ1) is 13.8. The van der Waals surface area contributed by atoms with E-state index in [1.807, 2.05) is 0 Å². The van der Waals surface area contributed by atoms with Gasteiger partial charge in [-0.05, 0) is 43.2 Å². The molecule has 7 nitrogen and oxygen atoms in total. The average Bonchev–Trinajstić information content (AvgIpc) is 3.23. The van der Waals surface area contributed by atoms with Crippen molar-refractivity contribution in [3.8, 4) is 22.8 Å². The summed E-state index contributed by atoms with van der Waals surface area (Å²) in [4.78, 5) is 24.8. The number of carbonyl (C=O) groups is 2. The number of carbonyl (C=O) groups excluding carboxylic acids is 1. The molecule has 1 atom stereocenters. The van der Waals surface area contributed by atoms with Crippen molar-refractivity contribution in [3.63, 3.8) is 0 Å². The Hall–Kier alpha value is -2.52. The predicted molar refractivity (Wildman–Crippen MR) is 113 cm³/mol. The van der Waals surface area contributed by atoms with Crippen LogP contribution in [-0.2, 0) is 16.0 Å². The van der Waals surface area contributed by atoms with E-state index in [9.17, 15) is 19.8 Å². The molecule has 0 spiro atoms. The summed E-state index contributed by atoms with van der Waals surface area (Å²) in [5, 5.41) is 27.9. The highest BCUT2D eigenvalue weighted by molar-refractivity contribution is 8.24. The quantitative estimate of drug-likeness (QED) is 0.310. The van der Waals surface area contributed by atoms with Crippen molar-refractivity contribution < 1.29 is 29.3 Å². The van der Waals surface area contributed by atoms with Gasteiger partial charge in [0.2, 0.25) is 5.91 Å². The summed E-state index contributed by atoms with van der Waals surface area (Å²) in [5.41, 5.74) is 0.375. The zero-order valence-electron chi connectivity index (χ0n) is 15.5. The van der Waals surface area contributed by atoms with Crippen LogP contribution in [-0.4, -0.2) is 48.2 Å². The molecule has 1 unspecified atom stereocenters. The number of thiocarbonyl (C=S) groups is 1. The third-order valence-corrected chi connectivity index (χ3v) is 6.16. The van der Waals surface area contributed by atoms with Gasteiger partial charge in [-0.2, -0.15) is 0 Å². The Bertz CT molecular complexity index is 925. The van der Waals surface area contributed by atoms with Crippen molar-refractivity contribution >= 4 is 40.2 Å². The topological polar surface area (TPSA) is 111 Å². The number of phenols is 2. The fourth-order valence-corrected chi connectivity index (χ4v) is 4.65. The van der Waals surface area contributed by atoms with Gasteiger partial charge in [-0.1, -0.05) is 30.4 Å². The van der Waals surface area contributed by atoms with E-state index in [0.29, 0.717) is 47.2 Å². The molecule has 0 aliphatic carbocycles. The Morgan fingerprint density at radius 2 is 1.97 bits per heavy atom. The molecule has 1 saturated heterocycles. The minimum Gasteiger partial charge on any atom is -0.508 e. The molecule has 0 saturated carbocycles. The van der Waals surface area contributed by atoms with Crippen molar-refractivity contribution in [1.29, 1.82) is 0 Å². The molecule has 1 fully saturated rings. The van der Waals surface area contributed by atoms with Crippen LogP contribution in [0, 0.1) is 0 Å². The lowest BCUT2D eigenvalue weighted by molar-refractivity contribution is -0.137. The second-order valence-electron chi connectivity index (χ2n) is 6.74. The minimum atomic E-state index is -0.815. The number of amides is 1. The van der Waals surface area contributed by atoms with Gasteiger partial charge in [-0.25, -0.2) is 0 Å². The number of thioether (sulfide) groups is 1. The molecule has 3 N–H and O–H groups in total. The molecular formula is C20H21NO6S2. The summed E-state index contributed by atoms with van der Waals surface area (Å²) in [7, 11) is 0. The van der Waals surface area contributed by atoms with Crippen LogP contribution in [0.25, 0.3) is 11.3 Å². The summed E-state index contributed by atoms with van der Waals surface area (Å²) in [5.74, 6) is 0.106. The summed E-state index contributed by atoms with van der Waals surface area (Å²) in [6.45, 7) is 0.487. The highest BCUT2D eigenvalue weighted by Crippen LogP contribution is 2.35. The first kappa shape index (κ1) is 21.2. The minimum absolute atomic E-state index is 0.00901. The molecule has 1 aliphatic rings. The zero-order valence-corrected chi connectivity index (χ0v) is 17.2. The number of furan rings is 1. The number of benzene rings is 1. The van der Waals surface area contributed by atoms with E-state index in [0.717, 1.165) is 6.42 Å². The van der Waals surface area contributed by atoms with Gasteiger partial charge < -0.3 is 19.7 Å². The van der Waals surface area contributed by atoms with Crippen molar-refractivity contribution in [2.45, 2.75) is 37.4 Å². The molecule has 154 valence electrons. The number of aromatic hydroxyl groups is 2. The van der Waals surface area contributed by atoms with Crippen LogP contribution >= 0.6 is 24.0 Å². The SMILES string of the molecule is O=C(O)CCCCCN1C(=O)C(Cc2ccc(-c3cc(O)ccc3O)o2)SC1=S. The lowest BCUT2D eigenvalue weighted by Crippen LogP contribution is -2.32. The predicted octanol–water partition coefficient (Wildman–Crippen LogP) is 3.77. The molecule has 3 rings (SSSR count). The summed E-state index contributed by atoms with van der Waals surface area (Å²) >= 11 is 6.65. The number of carboxylic acids is 1. The van der Waals surface area contributed by atoms with Crippen LogP contribution in [0.3, 0.4) is 0 Å². The van der Waals surface area contributed by atoms with Gasteiger partial charge in [-0.3, -0.25) is 14.5 Å². The molecule has 2 aromatic rings. The maximum absolute atomic E-state index is 12.7. The molecule has 2 heterocycles. The van der Waals surface area contributed by atoms with Crippen LogP contribution in [0.2, 0.25) is 0 Å². The number of carboxylic acid groups (broad SMARTS) is 1. The van der Waals surface area contributed by atoms with E-state index in [4.69, 9.17) is 21.7 Å². The highest BCUT2D eigenvalue weighted by Gasteiger charge is 2.37. The van der Waals surface area contributed by atoms with Gasteiger partial charge in [0.1, 0.15) is 27.3 Å². The Morgan fingerprint density at radius 3 is 2.72 bits per heavy atom. The largest absolute Gasteiger partial charge is 0.508 e. The summed E-state index contributed by atoms with van der Waals surface area (Å²) < 4.78 is 6.29. The Kier molecular flexibility index (Phi) is 6.81. The van der Waals surface area contributed by atoms with Crippen LogP contribution < -0.4 is 0 Å². The molecule has 1 aromatic carbocycles. The lowest BCUT2D eigenvalue weighted by atomic mass is 10.1. The molecule has 29 heavy (non-hydrogen) atoms. The Morgan fingerprint density at radius 1 is 1.17 bits per heavy atom. The van der Waals surface area contributed by atoms with Crippen LogP contribution in [0.15, 0.2) is 34.7 Å². The molecule has 1 aromatic heterocycles. The van der Waals surface area contributed by atoms with Crippen molar-refractivity contribution in [2.24, 2.45) is 0 Å². The monoisotopic (exact) mass is 435 g/mol. The first-order valence-electron chi connectivity index (χ1n) is 9.20. The molecule has 1 amide bonds. The maximum Gasteiger partial charge on any atom is 0.303 e. The van der Waals surface area contributed by atoms with Gasteiger partial charge in [0, 0.05) is 19.4 Å². The number of hydrogen-bond donors (Lipinski definition) is 3. The zero-order chi connectivity index (χ0) is 21.0. The van der Waals surface area contributed by atoms with E-state index < -0.39 is 5.97 Å². The third-order valence-electron chi connectivity index (χ3n) is 4.57. The van der Waals surface area contributed by atoms with E-state index in [1.54, 1.807) is 17.0 Å². The number of phenolic OH excluding ortho intramolecular Hbond substituents is 2. The molecule has 9 heteroatoms. The number of nitrogens with zero attached hydrogens (tertiary/aromatic N) is 1. The normalized spacial score (nSPS) is 16.6. The summed E-state index contributed by atoms with van der Waals surface area (Å²) in [6, 6.07) is 7.61. The Labute approximate surface area is 177 Å². The molecule has 0 radical (unpaired) electrons.